The highest BCUT2D eigenvalue weighted by Gasteiger charge is 2.18. The zero-order valence-corrected chi connectivity index (χ0v) is 11.3. The molecule has 0 unspecified atom stereocenters. The zero-order valence-electron chi connectivity index (χ0n) is 11.3. The summed E-state index contributed by atoms with van der Waals surface area (Å²) in [5.41, 5.74) is 3.59. The Morgan fingerprint density at radius 2 is 1.95 bits per heavy atom. The number of nitrogens with one attached hydrogen (secondary N) is 1. The summed E-state index contributed by atoms with van der Waals surface area (Å²) in [6.07, 6.45) is -0.0484. The van der Waals surface area contributed by atoms with E-state index in [1.54, 1.807) is 0 Å². The third-order valence-corrected chi connectivity index (χ3v) is 2.94. The van der Waals surface area contributed by atoms with E-state index in [4.69, 9.17) is 5.11 Å². The minimum absolute atomic E-state index is 0.0484. The van der Waals surface area contributed by atoms with Crippen LogP contribution in [0.3, 0.4) is 0 Å². The van der Waals surface area contributed by atoms with Gasteiger partial charge in [0.2, 0.25) is 0 Å². The van der Waals surface area contributed by atoms with E-state index in [0.717, 1.165) is 16.8 Å². The fraction of sp³-hybridized carbons (Fsp3) is 0.286. The molecule has 0 saturated carbocycles. The Labute approximate surface area is 111 Å². The number of aliphatic carboxylic acids is 1. The monoisotopic (exact) mass is 259 g/mol. The summed E-state index contributed by atoms with van der Waals surface area (Å²) in [7, 11) is 3.70. The molecule has 5 nitrogen and oxygen atoms in total. The highest BCUT2D eigenvalue weighted by molar-refractivity contribution is 5.79. The van der Waals surface area contributed by atoms with E-state index in [-0.39, 0.29) is 6.42 Å². The predicted octanol–water partition coefficient (Wildman–Crippen LogP) is 2.08. The second-order valence-electron chi connectivity index (χ2n) is 4.73. The van der Waals surface area contributed by atoms with Crippen LogP contribution < -0.4 is 4.90 Å². The second kappa shape index (κ2) is 5.14. The van der Waals surface area contributed by atoms with E-state index in [1.165, 1.54) is 0 Å². The van der Waals surface area contributed by atoms with Gasteiger partial charge in [-0.3, -0.25) is 9.89 Å². The summed E-state index contributed by atoms with van der Waals surface area (Å²) in [5.74, 6) is -0.198. The van der Waals surface area contributed by atoms with Crippen molar-refractivity contribution in [3.05, 3.63) is 35.4 Å². The van der Waals surface area contributed by atoms with E-state index < -0.39 is 5.97 Å². The zero-order chi connectivity index (χ0) is 14.0. The first-order valence-corrected chi connectivity index (χ1v) is 6.02. The van der Waals surface area contributed by atoms with Crippen molar-refractivity contribution in [2.75, 3.05) is 19.0 Å². The standard InChI is InChI=1S/C14H17N3O2/c1-9-4-6-10(7-5-9)13-11(8-12(18)19)14(16-15-13)17(2)3/h4-7H,8H2,1-3H3,(H,15,16)(H,18,19). The molecule has 2 rings (SSSR count). The number of H-pyrrole nitrogens is 1. The number of hydrogen-bond acceptors (Lipinski definition) is 3. The van der Waals surface area contributed by atoms with Gasteiger partial charge in [-0.1, -0.05) is 29.8 Å². The van der Waals surface area contributed by atoms with E-state index in [1.807, 2.05) is 50.2 Å². The quantitative estimate of drug-likeness (QED) is 0.882. The first-order valence-electron chi connectivity index (χ1n) is 6.02. The average molecular weight is 259 g/mol. The lowest BCUT2D eigenvalue weighted by Gasteiger charge is -2.11. The Morgan fingerprint density at radius 1 is 1.32 bits per heavy atom. The predicted molar refractivity (Wildman–Crippen MR) is 74.4 cm³/mol. The molecule has 0 atom stereocenters. The van der Waals surface area contributed by atoms with Crippen LogP contribution in [0.15, 0.2) is 24.3 Å². The van der Waals surface area contributed by atoms with Gasteiger partial charge in [0, 0.05) is 19.7 Å². The number of nitrogens with zero attached hydrogens (tertiary/aromatic N) is 2. The third kappa shape index (κ3) is 2.76. The molecule has 0 aliphatic rings. The number of carboxylic acids is 1. The fourth-order valence-corrected chi connectivity index (χ4v) is 2.00. The number of aryl methyl sites for hydroxylation is 1. The van der Waals surface area contributed by atoms with Gasteiger partial charge in [-0.05, 0) is 12.5 Å². The van der Waals surface area contributed by atoms with Crippen molar-refractivity contribution in [2.45, 2.75) is 13.3 Å². The molecule has 2 aromatic rings. The van der Waals surface area contributed by atoms with Gasteiger partial charge in [0.25, 0.3) is 0 Å². The van der Waals surface area contributed by atoms with Crippen LogP contribution in [0.25, 0.3) is 11.3 Å². The van der Waals surface area contributed by atoms with Crippen LogP contribution in [0, 0.1) is 6.92 Å². The van der Waals surface area contributed by atoms with Crippen molar-refractivity contribution < 1.29 is 9.90 Å². The Hall–Kier alpha value is -2.30. The van der Waals surface area contributed by atoms with Gasteiger partial charge in [0.15, 0.2) is 5.82 Å². The average Bonchev–Trinajstić information content (AvgIpc) is 2.73. The molecule has 1 aromatic carbocycles. The van der Waals surface area contributed by atoms with Crippen LogP contribution in [0.4, 0.5) is 5.82 Å². The van der Waals surface area contributed by atoms with Gasteiger partial charge >= 0.3 is 5.97 Å². The first-order chi connectivity index (χ1) is 8.99. The summed E-state index contributed by atoms with van der Waals surface area (Å²) >= 11 is 0. The number of hydrogen-bond donors (Lipinski definition) is 2. The number of benzene rings is 1. The van der Waals surface area contributed by atoms with Crippen molar-refractivity contribution in [2.24, 2.45) is 0 Å². The molecule has 0 fully saturated rings. The van der Waals surface area contributed by atoms with Crippen molar-refractivity contribution in [3.8, 4) is 11.3 Å². The fourth-order valence-electron chi connectivity index (χ4n) is 2.00. The van der Waals surface area contributed by atoms with Gasteiger partial charge in [-0.2, -0.15) is 5.10 Å². The molecule has 0 aliphatic heterocycles. The summed E-state index contributed by atoms with van der Waals surface area (Å²) in [6.45, 7) is 2.01. The summed E-state index contributed by atoms with van der Waals surface area (Å²) < 4.78 is 0. The Kier molecular flexibility index (Phi) is 3.55. The molecule has 1 aromatic heterocycles. The molecule has 0 amide bonds. The molecular weight excluding hydrogens is 242 g/mol. The minimum atomic E-state index is -0.863. The smallest absolute Gasteiger partial charge is 0.308 e. The number of anilines is 1. The van der Waals surface area contributed by atoms with E-state index in [9.17, 15) is 4.79 Å². The Balaban J connectivity index is 2.50. The Morgan fingerprint density at radius 3 is 2.47 bits per heavy atom. The topological polar surface area (TPSA) is 69.2 Å². The van der Waals surface area contributed by atoms with Crippen LogP contribution >= 0.6 is 0 Å². The van der Waals surface area contributed by atoms with E-state index in [2.05, 4.69) is 10.2 Å². The van der Waals surface area contributed by atoms with Gasteiger partial charge < -0.3 is 10.0 Å². The third-order valence-electron chi connectivity index (χ3n) is 2.94. The van der Waals surface area contributed by atoms with Gasteiger partial charge in [0.05, 0.1) is 12.1 Å². The first kappa shape index (κ1) is 13.1. The largest absolute Gasteiger partial charge is 0.481 e. The van der Waals surface area contributed by atoms with Crippen LogP contribution in [-0.2, 0) is 11.2 Å². The van der Waals surface area contributed by atoms with Crippen LogP contribution in [0.1, 0.15) is 11.1 Å². The van der Waals surface area contributed by atoms with Crippen LogP contribution in [-0.4, -0.2) is 35.4 Å². The molecule has 100 valence electrons. The molecule has 0 bridgehead atoms. The molecule has 1 heterocycles. The number of aromatic nitrogens is 2. The molecule has 5 heteroatoms. The number of aromatic amines is 1. The maximum absolute atomic E-state index is 11.0. The highest BCUT2D eigenvalue weighted by atomic mass is 16.4. The highest BCUT2D eigenvalue weighted by Crippen LogP contribution is 2.28. The summed E-state index contributed by atoms with van der Waals surface area (Å²) in [5, 5.41) is 16.2. The van der Waals surface area contributed by atoms with Gasteiger partial charge in [-0.15, -0.1) is 0 Å². The van der Waals surface area contributed by atoms with Crippen molar-refractivity contribution >= 4 is 11.8 Å². The minimum Gasteiger partial charge on any atom is -0.481 e. The van der Waals surface area contributed by atoms with E-state index in [0.29, 0.717) is 11.4 Å². The van der Waals surface area contributed by atoms with Gasteiger partial charge in [-0.25, -0.2) is 0 Å². The van der Waals surface area contributed by atoms with Crippen molar-refractivity contribution in [1.82, 2.24) is 10.2 Å². The number of carbonyl (C=O) groups is 1. The maximum atomic E-state index is 11.0. The molecular formula is C14H17N3O2. The molecule has 0 saturated heterocycles. The second-order valence-corrected chi connectivity index (χ2v) is 4.73. The summed E-state index contributed by atoms with van der Waals surface area (Å²) in [6, 6.07) is 7.92. The molecule has 0 spiro atoms. The molecule has 0 aliphatic carbocycles. The maximum Gasteiger partial charge on any atom is 0.308 e. The van der Waals surface area contributed by atoms with E-state index >= 15 is 0 Å². The van der Waals surface area contributed by atoms with Crippen LogP contribution in [0.5, 0.6) is 0 Å². The molecule has 19 heavy (non-hydrogen) atoms. The van der Waals surface area contributed by atoms with Crippen molar-refractivity contribution in [1.29, 1.82) is 0 Å². The summed E-state index contributed by atoms with van der Waals surface area (Å²) in [4.78, 5) is 12.8. The van der Waals surface area contributed by atoms with Gasteiger partial charge in [0.1, 0.15) is 0 Å². The normalized spacial score (nSPS) is 10.5. The number of rotatable bonds is 4. The molecule has 2 N–H and O–H groups in total. The lowest BCUT2D eigenvalue weighted by atomic mass is 10.0. The lowest BCUT2D eigenvalue weighted by molar-refractivity contribution is -0.136. The SMILES string of the molecule is Cc1ccc(-c2[nH]nc(N(C)C)c2CC(=O)O)cc1. The van der Waals surface area contributed by atoms with Crippen LogP contribution in [0.2, 0.25) is 0 Å². The Bertz CT molecular complexity index is 585. The number of carboxylic acid groups (broad SMARTS) is 1. The lowest BCUT2D eigenvalue weighted by Crippen LogP contribution is -2.13. The van der Waals surface area contributed by atoms with Crippen molar-refractivity contribution in [3.63, 3.8) is 0 Å². The molecule has 0 radical (unpaired) electrons.